The second-order valence-electron chi connectivity index (χ2n) is 6.26. The molecule has 0 fully saturated rings. The van der Waals surface area contributed by atoms with Gasteiger partial charge in [-0.15, -0.1) is 0 Å². The number of amides is 2. The Balaban J connectivity index is 2.33. The van der Waals surface area contributed by atoms with Gasteiger partial charge in [0, 0.05) is 18.7 Å². The Morgan fingerprint density at radius 1 is 1.10 bits per heavy atom. The van der Waals surface area contributed by atoms with Crippen LogP contribution in [-0.2, 0) is 4.79 Å². The van der Waals surface area contributed by atoms with Crippen molar-refractivity contribution in [2.75, 3.05) is 13.1 Å². The van der Waals surface area contributed by atoms with Crippen LogP contribution < -0.4 is 16.4 Å². The van der Waals surface area contributed by atoms with Crippen LogP contribution in [0, 0.1) is 12.3 Å². The number of hydrogen-bond acceptors (Lipinski definition) is 3. The predicted molar refractivity (Wildman–Crippen MR) is 84.0 cm³/mol. The SMILES string of the molecule is Cc1ccc(C(=O)NCCNC(=O)[C@@H](N)C(C)(C)C)cc1. The van der Waals surface area contributed by atoms with E-state index in [2.05, 4.69) is 10.6 Å². The lowest BCUT2D eigenvalue weighted by molar-refractivity contribution is -0.124. The highest BCUT2D eigenvalue weighted by Gasteiger charge is 2.26. The molecule has 1 rings (SSSR count). The molecule has 0 radical (unpaired) electrons. The van der Waals surface area contributed by atoms with Gasteiger partial charge in [-0.3, -0.25) is 9.59 Å². The van der Waals surface area contributed by atoms with Crippen molar-refractivity contribution >= 4 is 11.8 Å². The largest absolute Gasteiger partial charge is 0.353 e. The van der Waals surface area contributed by atoms with Gasteiger partial charge in [-0.05, 0) is 24.5 Å². The minimum absolute atomic E-state index is 0.149. The van der Waals surface area contributed by atoms with Crippen molar-refractivity contribution in [2.24, 2.45) is 11.1 Å². The molecule has 4 N–H and O–H groups in total. The molecule has 21 heavy (non-hydrogen) atoms. The average Bonchev–Trinajstić information content (AvgIpc) is 2.42. The molecule has 2 amide bonds. The lowest BCUT2D eigenvalue weighted by Crippen LogP contribution is -2.49. The van der Waals surface area contributed by atoms with E-state index in [0.29, 0.717) is 18.7 Å². The molecule has 0 bridgehead atoms. The van der Waals surface area contributed by atoms with Crippen LogP contribution in [0.5, 0.6) is 0 Å². The van der Waals surface area contributed by atoms with Gasteiger partial charge in [0.15, 0.2) is 0 Å². The molecule has 0 aliphatic heterocycles. The Labute approximate surface area is 126 Å². The zero-order chi connectivity index (χ0) is 16.0. The number of rotatable bonds is 5. The molecule has 5 heteroatoms. The van der Waals surface area contributed by atoms with Crippen LogP contribution in [0.15, 0.2) is 24.3 Å². The Morgan fingerprint density at radius 3 is 2.14 bits per heavy atom. The fourth-order valence-electron chi connectivity index (χ4n) is 1.67. The zero-order valence-corrected chi connectivity index (χ0v) is 13.2. The van der Waals surface area contributed by atoms with Crippen molar-refractivity contribution < 1.29 is 9.59 Å². The molecule has 0 aliphatic rings. The van der Waals surface area contributed by atoms with Crippen molar-refractivity contribution in [2.45, 2.75) is 33.7 Å². The topological polar surface area (TPSA) is 84.2 Å². The summed E-state index contributed by atoms with van der Waals surface area (Å²) in [5.41, 5.74) is 7.28. The van der Waals surface area contributed by atoms with E-state index in [0.717, 1.165) is 5.56 Å². The van der Waals surface area contributed by atoms with Gasteiger partial charge in [-0.2, -0.15) is 0 Å². The molecule has 5 nitrogen and oxygen atoms in total. The van der Waals surface area contributed by atoms with E-state index in [1.54, 1.807) is 12.1 Å². The number of aryl methyl sites for hydroxylation is 1. The van der Waals surface area contributed by atoms with Crippen LogP contribution in [0.4, 0.5) is 0 Å². The summed E-state index contributed by atoms with van der Waals surface area (Å²) in [6.45, 7) is 8.44. The fraction of sp³-hybridized carbons (Fsp3) is 0.500. The summed E-state index contributed by atoms with van der Waals surface area (Å²) in [6, 6.07) is 6.76. The zero-order valence-electron chi connectivity index (χ0n) is 13.2. The lowest BCUT2D eigenvalue weighted by Gasteiger charge is -2.25. The lowest BCUT2D eigenvalue weighted by atomic mass is 9.87. The fourth-order valence-corrected chi connectivity index (χ4v) is 1.67. The first-order valence-electron chi connectivity index (χ1n) is 7.10. The third kappa shape index (κ3) is 5.55. The number of carbonyl (C=O) groups excluding carboxylic acids is 2. The van der Waals surface area contributed by atoms with Crippen LogP contribution in [0.2, 0.25) is 0 Å². The molecule has 0 saturated carbocycles. The summed E-state index contributed by atoms with van der Waals surface area (Å²) >= 11 is 0. The number of carbonyl (C=O) groups is 2. The third-order valence-corrected chi connectivity index (χ3v) is 3.24. The van der Waals surface area contributed by atoms with E-state index in [1.807, 2.05) is 39.8 Å². The number of nitrogens with one attached hydrogen (secondary N) is 2. The summed E-state index contributed by atoms with van der Waals surface area (Å²) in [6.07, 6.45) is 0. The smallest absolute Gasteiger partial charge is 0.251 e. The molecule has 0 spiro atoms. The summed E-state index contributed by atoms with van der Waals surface area (Å²) in [5, 5.41) is 5.48. The van der Waals surface area contributed by atoms with Crippen molar-refractivity contribution in [3.8, 4) is 0 Å². The number of hydrogen-bond donors (Lipinski definition) is 3. The Bertz CT molecular complexity index is 489. The summed E-state index contributed by atoms with van der Waals surface area (Å²) in [7, 11) is 0. The monoisotopic (exact) mass is 291 g/mol. The predicted octanol–water partition coefficient (Wildman–Crippen LogP) is 1.21. The highest BCUT2D eigenvalue weighted by Crippen LogP contribution is 2.16. The van der Waals surface area contributed by atoms with E-state index >= 15 is 0 Å². The van der Waals surface area contributed by atoms with Gasteiger partial charge in [0.1, 0.15) is 0 Å². The molecular weight excluding hydrogens is 266 g/mol. The van der Waals surface area contributed by atoms with Crippen molar-refractivity contribution in [1.29, 1.82) is 0 Å². The minimum Gasteiger partial charge on any atom is -0.353 e. The van der Waals surface area contributed by atoms with Gasteiger partial charge in [-0.1, -0.05) is 38.5 Å². The first kappa shape index (κ1) is 17.2. The quantitative estimate of drug-likeness (QED) is 0.713. The van der Waals surface area contributed by atoms with Gasteiger partial charge in [-0.25, -0.2) is 0 Å². The number of benzene rings is 1. The van der Waals surface area contributed by atoms with E-state index in [4.69, 9.17) is 5.73 Å². The van der Waals surface area contributed by atoms with Crippen molar-refractivity contribution in [3.05, 3.63) is 35.4 Å². The summed E-state index contributed by atoms with van der Waals surface area (Å²) < 4.78 is 0. The summed E-state index contributed by atoms with van der Waals surface area (Å²) in [4.78, 5) is 23.6. The molecule has 116 valence electrons. The molecular formula is C16H25N3O2. The van der Waals surface area contributed by atoms with E-state index in [-0.39, 0.29) is 17.2 Å². The van der Waals surface area contributed by atoms with Crippen molar-refractivity contribution in [3.63, 3.8) is 0 Å². The minimum atomic E-state index is -0.565. The highest BCUT2D eigenvalue weighted by molar-refractivity contribution is 5.94. The molecule has 0 unspecified atom stereocenters. The van der Waals surface area contributed by atoms with E-state index < -0.39 is 6.04 Å². The van der Waals surface area contributed by atoms with Crippen LogP contribution >= 0.6 is 0 Å². The summed E-state index contributed by atoms with van der Waals surface area (Å²) in [5.74, 6) is -0.351. The molecule has 0 aliphatic carbocycles. The molecule has 1 aromatic carbocycles. The molecule has 1 atom stereocenters. The van der Waals surface area contributed by atoms with E-state index in [1.165, 1.54) is 0 Å². The second kappa shape index (κ2) is 7.22. The second-order valence-corrected chi connectivity index (χ2v) is 6.26. The normalized spacial score (nSPS) is 12.6. The standard InChI is InChI=1S/C16H25N3O2/c1-11-5-7-12(8-6-11)14(20)18-9-10-19-15(21)13(17)16(2,3)4/h5-8,13H,9-10,17H2,1-4H3,(H,18,20)(H,19,21)/t13-/m1/s1. The third-order valence-electron chi connectivity index (χ3n) is 3.24. The van der Waals surface area contributed by atoms with Crippen LogP contribution in [0.3, 0.4) is 0 Å². The van der Waals surface area contributed by atoms with Gasteiger partial charge < -0.3 is 16.4 Å². The maximum Gasteiger partial charge on any atom is 0.251 e. The highest BCUT2D eigenvalue weighted by atomic mass is 16.2. The van der Waals surface area contributed by atoms with Gasteiger partial charge in [0.05, 0.1) is 6.04 Å². The van der Waals surface area contributed by atoms with Crippen LogP contribution in [-0.4, -0.2) is 30.9 Å². The van der Waals surface area contributed by atoms with Crippen LogP contribution in [0.25, 0.3) is 0 Å². The Hall–Kier alpha value is -1.88. The molecule has 1 aromatic rings. The maximum absolute atomic E-state index is 11.8. The first-order valence-corrected chi connectivity index (χ1v) is 7.10. The van der Waals surface area contributed by atoms with Gasteiger partial charge in [0.25, 0.3) is 5.91 Å². The Morgan fingerprint density at radius 2 is 1.62 bits per heavy atom. The van der Waals surface area contributed by atoms with E-state index in [9.17, 15) is 9.59 Å². The first-order chi connectivity index (χ1) is 9.71. The van der Waals surface area contributed by atoms with Crippen LogP contribution in [0.1, 0.15) is 36.7 Å². The van der Waals surface area contributed by atoms with Gasteiger partial charge >= 0.3 is 0 Å². The average molecular weight is 291 g/mol. The molecule has 0 saturated heterocycles. The molecule has 0 aromatic heterocycles. The number of nitrogens with two attached hydrogens (primary N) is 1. The molecule has 0 heterocycles. The van der Waals surface area contributed by atoms with Crippen molar-refractivity contribution in [1.82, 2.24) is 10.6 Å². The van der Waals surface area contributed by atoms with Gasteiger partial charge in [0.2, 0.25) is 5.91 Å². The Kier molecular flexibility index (Phi) is 5.90. The maximum atomic E-state index is 11.8.